The first kappa shape index (κ1) is 17.3. The fraction of sp³-hybridized carbons (Fsp3) is 0.125. The van der Waals surface area contributed by atoms with Crippen LogP contribution in [0.25, 0.3) is 0 Å². The van der Waals surface area contributed by atoms with Crippen molar-refractivity contribution in [1.82, 2.24) is 0 Å². The summed E-state index contributed by atoms with van der Waals surface area (Å²) in [5.74, 6) is -7.63. The van der Waals surface area contributed by atoms with Crippen molar-refractivity contribution >= 4 is 34.5 Å². The van der Waals surface area contributed by atoms with E-state index >= 15 is 0 Å². The van der Waals surface area contributed by atoms with Gasteiger partial charge in [0.05, 0.1) is 5.56 Å². The summed E-state index contributed by atoms with van der Waals surface area (Å²) >= 11 is 2.03. The Morgan fingerprint density at radius 2 is 1.61 bits per heavy atom. The third kappa shape index (κ3) is 4.04. The van der Waals surface area contributed by atoms with Crippen molar-refractivity contribution in [2.24, 2.45) is 0 Å². The molecule has 0 aliphatic heterocycles. The smallest absolute Gasteiger partial charge is 0.382 e. The van der Waals surface area contributed by atoms with Crippen LogP contribution in [-0.2, 0) is 9.53 Å². The Bertz CT molecular complexity index is 702. The molecule has 0 bridgehead atoms. The fourth-order valence-corrected chi connectivity index (χ4v) is 2.21. The molecule has 1 unspecified atom stereocenters. The van der Waals surface area contributed by atoms with Gasteiger partial charge in [-0.25, -0.2) is 9.59 Å². The number of alkyl halides is 2. The summed E-state index contributed by atoms with van der Waals surface area (Å²) in [4.78, 5) is 22.9. The Balaban J connectivity index is 2.33. The molecule has 0 saturated carbocycles. The van der Waals surface area contributed by atoms with Crippen LogP contribution in [0.3, 0.4) is 0 Å². The molecule has 0 aliphatic rings. The van der Waals surface area contributed by atoms with Crippen molar-refractivity contribution in [1.29, 1.82) is 0 Å². The number of esters is 1. The summed E-state index contributed by atoms with van der Waals surface area (Å²) in [6.45, 7) is 0. The first-order valence-electron chi connectivity index (χ1n) is 6.45. The van der Waals surface area contributed by atoms with Crippen LogP contribution in [0.4, 0.5) is 8.78 Å². The molecule has 0 saturated heterocycles. The van der Waals surface area contributed by atoms with E-state index in [-0.39, 0.29) is 11.1 Å². The molecule has 0 aromatic heterocycles. The second-order valence-corrected chi connectivity index (χ2v) is 5.88. The molecular weight excluding hydrogens is 421 g/mol. The Morgan fingerprint density at radius 3 is 2.13 bits per heavy atom. The predicted octanol–water partition coefficient (Wildman–Crippen LogP) is 3.91. The molecule has 23 heavy (non-hydrogen) atoms. The normalized spacial score (nSPS) is 12.5. The second kappa shape index (κ2) is 7.03. The van der Waals surface area contributed by atoms with Crippen molar-refractivity contribution in [3.63, 3.8) is 0 Å². The van der Waals surface area contributed by atoms with Gasteiger partial charge in [-0.2, -0.15) is 8.78 Å². The van der Waals surface area contributed by atoms with E-state index in [1.165, 1.54) is 36.4 Å². The van der Waals surface area contributed by atoms with E-state index in [2.05, 4.69) is 0 Å². The molecule has 2 aromatic rings. The third-order valence-electron chi connectivity index (χ3n) is 3.02. The highest BCUT2D eigenvalue weighted by molar-refractivity contribution is 14.1. The molecule has 120 valence electrons. The number of rotatable bonds is 5. The summed E-state index contributed by atoms with van der Waals surface area (Å²) in [5, 5.41) is 8.75. The lowest BCUT2D eigenvalue weighted by Crippen LogP contribution is -2.38. The molecule has 0 aliphatic carbocycles. The average Bonchev–Trinajstić information content (AvgIpc) is 2.53. The van der Waals surface area contributed by atoms with Gasteiger partial charge in [-0.05, 0) is 52.4 Å². The van der Waals surface area contributed by atoms with Crippen LogP contribution >= 0.6 is 22.6 Å². The van der Waals surface area contributed by atoms with Crippen molar-refractivity contribution in [3.05, 3.63) is 69.3 Å². The molecule has 0 heterocycles. The van der Waals surface area contributed by atoms with Gasteiger partial charge in [-0.1, -0.05) is 30.3 Å². The number of ether oxygens (including phenoxy) is 1. The van der Waals surface area contributed by atoms with E-state index < -0.39 is 24.0 Å². The largest absolute Gasteiger partial charge is 0.477 e. The van der Waals surface area contributed by atoms with Gasteiger partial charge in [-0.15, -0.1) is 0 Å². The molecule has 2 aromatic carbocycles. The van der Waals surface area contributed by atoms with Crippen LogP contribution in [0.5, 0.6) is 0 Å². The van der Waals surface area contributed by atoms with Gasteiger partial charge in [-0.3, -0.25) is 0 Å². The Hall–Kier alpha value is -2.03. The second-order valence-electron chi connectivity index (χ2n) is 4.63. The lowest BCUT2D eigenvalue weighted by Gasteiger charge is -2.24. The average molecular weight is 432 g/mol. The quantitative estimate of drug-likeness (QED) is 0.575. The maximum absolute atomic E-state index is 14.0. The molecule has 7 heteroatoms. The number of benzene rings is 2. The SMILES string of the molecule is O=C(OC(c1ccccc1)C(F)(F)C(=O)O)c1ccc(I)cc1. The van der Waals surface area contributed by atoms with Crippen molar-refractivity contribution < 1.29 is 28.2 Å². The lowest BCUT2D eigenvalue weighted by atomic mass is 10.0. The number of aliphatic carboxylic acids is 1. The zero-order valence-corrected chi connectivity index (χ0v) is 13.7. The highest BCUT2D eigenvalue weighted by atomic mass is 127. The number of halogens is 3. The van der Waals surface area contributed by atoms with E-state index in [4.69, 9.17) is 9.84 Å². The predicted molar refractivity (Wildman–Crippen MR) is 86.3 cm³/mol. The number of carboxylic acids is 1. The molecule has 0 fully saturated rings. The van der Waals surface area contributed by atoms with Crippen LogP contribution < -0.4 is 0 Å². The number of carbonyl (C=O) groups is 2. The van der Waals surface area contributed by atoms with E-state index in [1.807, 2.05) is 22.6 Å². The topological polar surface area (TPSA) is 63.6 Å². The molecule has 2 rings (SSSR count). The van der Waals surface area contributed by atoms with E-state index in [0.29, 0.717) is 0 Å². The summed E-state index contributed by atoms with van der Waals surface area (Å²) in [5.41, 5.74) is -0.0358. The standard InChI is InChI=1S/C16H11F2IO4/c17-16(18,15(21)22)13(10-4-2-1-3-5-10)23-14(20)11-6-8-12(19)9-7-11/h1-9,13H,(H,21,22). The Morgan fingerprint density at radius 1 is 1.04 bits per heavy atom. The molecular formula is C16H11F2IO4. The lowest BCUT2D eigenvalue weighted by molar-refractivity contribution is -0.183. The molecule has 0 radical (unpaired) electrons. The van der Waals surface area contributed by atoms with Gasteiger partial charge >= 0.3 is 17.9 Å². The first-order valence-corrected chi connectivity index (χ1v) is 7.53. The fourth-order valence-electron chi connectivity index (χ4n) is 1.85. The number of hydrogen-bond donors (Lipinski definition) is 1. The highest BCUT2D eigenvalue weighted by Gasteiger charge is 2.51. The maximum Gasteiger partial charge on any atom is 0.382 e. The number of hydrogen-bond acceptors (Lipinski definition) is 3. The van der Waals surface area contributed by atoms with Gasteiger partial charge in [0.1, 0.15) is 0 Å². The maximum atomic E-state index is 14.0. The van der Waals surface area contributed by atoms with Gasteiger partial charge in [0.2, 0.25) is 6.10 Å². The monoisotopic (exact) mass is 432 g/mol. The van der Waals surface area contributed by atoms with Crippen LogP contribution in [0.2, 0.25) is 0 Å². The van der Waals surface area contributed by atoms with E-state index in [1.54, 1.807) is 18.2 Å². The van der Waals surface area contributed by atoms with Gasteiger partial charge < -0.3 is 9.84 Å². The summed E-state index contributed by atoms with van der Waals surface area (Å²) in [7, 11) is 0. The van der Waals surface area contributed by atoms with Crippen LogP contribution in [0.1, 0.15) is 22.0 Å². The minimum atomic E-state index is -4.25. The minimum absolute atomic E-state index is 0.0625. The van der Waals surface area contributed by atoms with Crippen molar-refractivity contribution in [2.75, 3.05) is 0 Å². The zero-order chi connectivity index (χ0) is 17.0. The number of carboxylic acid groups (broad SMARTS) is 1. The number of carbonyl (C=O) groups excluding carboxylic acids is 1. The minimum Gasteiger partial charge on any atom is -0.477 e. The molecule has 0 amide bonds. The van der Waals surface area contributed by atoms with Gasteiger partial charge in [0, 0.05) is 3.57 Å². The first-order chi connectivity index (χ1) is 10.8. The highest BCUT2D eigenvalue weighted by Crippen LogP contribution is 2.35. The van der Waals surface area contributed by atoms with Gasteiger partial charge in [0.15, 0.2) is 0 Å². The summed E-state index contributed by atoms with van der Waals surface area (Å²) in [6.07, 6.45) is -2.21. The van der Waals surface area contributed by atoms with Crippen molar-refractivity contribution in [2.45, 2.75) is 12.0 Å². The molecule has 1 N–H and O–H groups in total. The summed E-state index contributed by atoms with van der Waals surface area (Å²) < 4.78 is 33.6. The Kier molecular flexibility index (Phi) is 5.30. The third-order valence-corrected chi connectivity index (χ3v) is 3.74. The van der Waals surface area contributed by atoms with Crippen molar-refractivity contribution in [3.8, 4) is 0 Å². The molecule has 1 atom stereocenters. The van der Waals surface area contributed by atoms with E-state index in [0.717, 1.165) is 3.57 Å². The summed E-state index contributed by atoms with van der Waals surface area (Å²) in [6, 6.07) is 13.1. The van der Waals surface area contributed by atoms with Crippen LogP contribution in [0.15, 0.2) is 54.6 Å². The Labute approximate surface area is 144 Å². The zero-order valence-electron chi connectivity index (χ0n) is 11.6. The van der Waals surface area contributed by atoms with E-state index in [9.17, 15) is 18.4 Å². The molecule has 0 spiro atoms. The van der Waals surface area contributed by atoms with Crippen LogP contribution in [0, 0.1) is 3.57 Å². The van der Waals surface area contributed by atoms with Gasteiger partial charge in [0.25, 0.3) is 0 Å². The molecule has 4 nitrogen and oxygen atoms in total. The van der Waals surface area contributed by atoms with Crippen LogP contribution in [-0.4, -0.2) is 23.0 Å².